The van der Waals surface area contributed by atoms with Gasteiger partial charge in [0.25, 0.3) is 0 Å². The molecule has 1 saturated heterocycles. The summed E-state index contributed by atoms with van der Waals surface area (Å²) in [6, 6.07) is 8.42. The van der Waals surface area contributed by atoms with Crippen LogP contribution < -0.4 is 10.5 Å². The third-order valence-corrected chi connectivity index (χ3v) is 4.46. The molecule has 1 atom stereocenters. The topological polar surface area (TPSA) is 55.6 Å². The molecule has 1 amide bonds. The monoisotopic (exact) mass is 304 g/mol. The van der Waals surface area contributed by atoms with Gasteiger partial charge in [0.2, 0.25) is 5.91 Å². The van der Waals surface area contributed by atoms with Crippen molar-refractivity contribution < 1.29 is 9.53 Å². The Labute approximate surface area is 133 Å². The second-order valence-corrected chi connectivity index (χ2v) is 6.39. The van der Waals surface area contributed by atoms with Crippen LogP contribution in [0, 0.1) is 5.92 Å². The number of ether oxygens (including phenoxy) is 1. The number of carbonyl (C=O) groups excluding carboxylic acids is 1. The SMILES string of the molecule is COc1ccc(CC2CCN(C(=O)CCC(C)N)CC2)cc1. The van der Waals surface area contributed by atoms with Crippen LogP contribution in [0.3, 0.4) is 0 Å². The molecule has 4 nitrogen and oxygen atoms in total. The van der Waals surface area contributed by atoms with E-state index in [4.69, 9.17) is 10.5 Å². The maximum atomic E-state index is 12.1. The lowest BCUT2D eigenvalue weighted by Gasteiger charge is -2.32. The van der Waals surface area contributed by atoms with Crippen LogP contribution in [0.2, 0.25) is 0 Å². The molecular weight excluding hydrogens is 276 g/mol. The summed E-state index contributed by atoms with van der Waals surface area (Å²) < 4.78 is 5.19. The van der Waals surface area contributed by atoms with Crippen molar-refractivity contribution in [2.24, 2.45) is 11.7 Å². The first-order valence-corrected chi connectivity index (χ1v) is 8.24. The van der Waals surface area contributed by atoms with Crippen LogP contribution in [-0.4, -0.2) is 37.0 Å². The number of nitrogens with zero attached hydrogens (tertiary/aromatic N) is 1. The van der Waals surface area contributed by atoms with Gasteiger partial charge in [0, 0.05) is 25.6 Å². The van der Waals surface area contributed by atoms with Crippen LogP contribution in [-0.2, 0) is 11.2 Å². The average molecular weight is 304 g/mol. The van der Waals surface area contributed by atoms with Gasteiger partial charge < -0.3 is 15.4 Å². The third-order valence-electron chi connectivity index (χ3n) is 4.46. The third kappa shape index (κ3) is 5.02. The molecular formula is C18H28N2O2. The van der Waals surface area contributed by atoms with Crippen LogP contribution in [0.15, 0.2) is 24.3 Å². The summed E-state index contributed by atoms with van der Waals surface area (Å²) >= 11 is 0. The number of carbonyl (C=O) groups is 1. The molecule has 0 bridgehead atoms. The molecule has 4 heteroatoms. The lowest BCUT2D eigenvalue weighted by atomic mass is 9.90. The second-order valence-electron chi connectivity index (χ2n) is 6.39. The van der Waals surface area contributed by atoms with Gasteiger partial charge >= 0.3 is 0 Å². The van der Waals surface area contributed by atoms with E-state index in [2.05, 4.69) is 12.1 Å². The van der Waals surface area contributed by atoms with E-state index >= 15 is 0 Å². The number of likely N-dealkylation sites (tertiary alicyclic amines) is 1. The van der Waals surface area contributed by atoms with Crippen molar-refractivity contribution in [2.45, 2.75) is 45.1 Å². The Bertz CT molecular complexity index is 462. The second kappa shape index (κ2) is 8.18. The standard InChI is InChI=1S/C18H28N2O2/c1-14(19)3-8-18(21)20-11-9-16(10-12-20)13-15-4-6-17(22-2)7-5-15/h4-7,14,16H,3,8-13,19H2,1-2H3. The largest absolute Gasteiger partial charge is 0.497 e. The number of piperidine rings is 1. The molecule has 1 heterocycles. The summed E-state index contributed by atoms with van der Waals surface area (Å²) in [6.45, 7) is 3.73. The number of methoxy groups -OCH3 is 1. The summed E-state index contributed by atoms with van der Waals surface area (Å²) in [6.07, 6.45) is 4.64. The van der Waals surface area contributed by atoms with Gasteiger partial charge in [-0.15, -0.1) is 0 Å². The Kier molecular flexibility index (Phi) is 6.25. The summed E-state index contributed by atoms with van der Waals surface area (Å²) in [5, 5.41) is 0. The zero-order chi connectivity index (χ0) is 15.9. The molecule has 1 unspecified atom stereocenters. The molecule has 2 rings (SSSR count). The van der Waals surface area contributed by atoms with E-state index in [9.17, 15) is 4.79 Å². The fraction of sp³-hybridized carbons (Fsp3) is 0.611. The molecule has 2 N–H and O–H groups in total. The molecule has 1 aromatic rings. The van der Waals surface area contributed by atoms with Gasteiger partial charge in [-0.05, 0) is 56.2 Å². The number of hydrogen-bond donors (Lipinski definition) is 1. The van der Waals surface area contributed by atoms with Crippen molar-refractivity contribution in [1.82, 2.24) is 4.90 Å². The van der Waals surface area contributed by atoms with Crippen molar-refractivity contribution in [3.63, 3.8) is 0 Å². The van der Waals surface area contributed by atoms with Gasteiger partial charge in [-0.3, -0.25) is 4.79 Å². The summed E-state index contributed by atoms with van der Waals surface area (Å²) in [7, 11) is 1.69. The quantitative estimate of drug-likeness (QED) is 0.879. The molecule has 0 aromatic heterocycles. The highest BCUT2D eigenvalue weighted by molar-refractivity contribution is 5.76. The van der Waals surface area contributed by atoms with Gasteiger partial charge in [0.15, 0.2) is 0 Å². The van der Waals surface area contributed by atoms with Crippen LogP contribution in [0.4, 0.5) is 0 Å². The fourth-order valence-corrected chi connectivity index (χ4v) is 2.99. The first-order valence-electron chi connectivity index (χ1n) is 8.24. The smallest absolute Gasteiger partial charge is 0.222 e. The lowest BCUT2D eigenvalue weighted by molar-refractivity contribution is -0.132. The highest BCUT2D eigenvalue weighted by atomic mass is 16.5. The molecule has 0 radical (unpaired) electrons. The maximum absolute atomic E-state index is 12.1. The number of amides is 1. The maximum Gasteiger partial charge on any atom is 0.222 e. The van der Waals surface area contributed by atoms with Gasteiger partial charge in [0.05, 0.1) is 7.11 Å². The summed E-state index contributed by atoms with van der Waals surface area (Å²) in [4.78, 5) is 14.1. The Morgan fingerprint density at radius 2 is 1.95 bits per heavy atom. The highest BCUT2D eigenvalue weighted by Crippen LogP contribution is 2.23. The molecule has 1 aliphatic rings. The van der Waals surface area contributed by atoms with Gasteiger partial charge in [-0.25, -0.2) is 0 Å². The van der Waals surface area contributed by atoms with Crippen molar-refractivity contribution in [3.8, 4) is 5.75 Å². The first-order chi connectivity index (χ1) is 10.6. The van der Waals surface area contributed by atoms with Crippen LogP contribution >= 0.6 is 0 Å². The molecule has 0 aliphatic carbocycles. The Morgan fingerprint density at radius 1 is 1.32 bits per heavy atom. The molecule has 1 aliphatic heterocycles. The van der Waals surface area contributed by atoms with Crippen molar-refractivity contribution in [2.75, 3.05) is 20.2 Å². The van der Waals surface area contributed by atoms with Gasteiger partial charge in [0.1, 0.15) is 5.75 Å². The van der Waals surface area contributed by atoms with E-state index in [1.54, 1.807) is 7.11 Å². The minimum Gasteiger partial charge on any atom is -0.497 e. The molecule has 0 spiro atoms. The predicted molar refractivity (Wildman–Crippen MR) is 88.9 cm³/mol. The number of benzene rings is 1. The van der Waals surface area contributed by atoms with E-state index in [1.807, 2.05) is 24.0 Å². The molecule has 1 fully saturated rings. The van der Waals surface area contributed by atoms with Crippen molar-refractivity contribution in [3.05, 3.63) is 29.8 Å². The van der Waals surface area contributed by atoms with E-state index < -0.39 is 0 Å². The van der Waals surface area contributed by atoms with Crippen LogP contribution in [0.5, 0.6) is 5.75 Å². The zero-order valence-corrected chi connectivity index (χ0v) is 13.8. The van der Waals surface area contributed by atoms with E-state index in [-0.39, 0.29) is 11.9 Å². The average Bonchev–Trinajstić information content (AvgIpc) is 2.54. The van der Waals surface area contributed by atoms with Crippen LogP contribution in [0.1, 0.15) is 38.2 Å². The van der Waals surface area contributed by atoms with Crippen molar-refractivity contribution >= 4 is 5.91 Å². The van der Waals surface area contributed by atoms with Gasteiger partial charge in [-0.2, -0.15) is 0 Å². The zero-order valence-electron chi connectivity index (χ0n) is 13.8. The molecule has 22 heavy (non-hydrogen) atoms. The lowest BCUT2D eigenvalue weighted by Crippen LogP contribution is -2.39. The Hall–Kier alpha value is -1.55. The van der Waals surface area contributed by atoms with E-state index in [0.717, 1.165) is 44.5 Å². The van der Waals surface area contributed by atoms with Crippen molar-refractivity contribution in [1.29, 1.82) is 0 Å². The Balaban J connectivity index is 1.75. The molecule has 0 saturated carbocycles. The van der Waals surface area contributed by atoms with E-state index in [1.165, 1.54) is 5.56 Å². The molecule has 122 valence electrons. The number of rotatable bonds is 6. The number of hydrogen-bond acceptors (Lipinski definition) is 3. The predicted octanol–water partition coefficient (Wildman–Crippen LogP) is 2.60. The number of nitrogens with two attached hydrogens (primary N) is 1. The van der Waals surface area contributed by atoms with Crippen LogP contribution in [0.25, 0.3) is 0 Å². The highest BCUT2D eigenvalue weighted by Gasteiger charge is 2.22. The first kappa shape index (κ1) is 16.8. The minimum atomic E-state index is 0.108. The summed E-state index contributed by atoms with van der Waals surface area (Å²) in [5.74, 6) is 1.84. The normalized spacial score (nSPS) is 17.3. The van der Waals surface area contributed by atoms with Gasteiger partial charge in [-0.1, -0.05) is 12.1 Å². The summed E-state index contributed by atoms with van der Waals surface area (Å²) in [5.41, 5.74) is 7.07. The fourth-order valence-electron chi connectivity index (χ4n) is 2.99. The Morgan fingerprint density at radius 3 is 2.50 bits per heavy atom. The van der Waals surface area contributed by atoms with E-state index in [0.29, 0.717) is 12.3 Å². The minimum absolute atomic E-state index is 0.108. The molecule has 1 aromatic carbocycles.